The average Bonchev–Trinajstić information content (AvgIpc) is 2.26. The van der Waals surface area contributed by atoms with Crippen LogP contribution in [0.4, 0.5) is 0 Å². The molecule has 0 bridgehead atoms. The van der Waals surface area contributed by atoms with Crippen LogP contribution in [0.15, 0.2) is 0 Å². The minimum Gasteiger partial charge on any atom is -0.298 e. The fourth-order valence-corrected chi connectivity index (χ4v) is 3.05. The van der Waals surface area contributed by atoms with Crippen molar-refractivity contribution in [1.82, 2.24) is 0 Å². The molecule has 0 amide bonds. The summed E-state index contributed by atoms with van der Waals surface area (Å²) in [7, 11) is 0. The van der Waals surface area contributed by atoms with Crippen molar-refractivity contribution in [3.63, 3.8) is 0 Å². The van der Waals surface area contributed by atoms with Gasteiger partial charge in [0.25, 0.3) is 0 Å². The summed E-state index contributed by atoms with van der Waals surface area (Å²) in [5.74, 6) is 2.44. The zero-order valence-corrected chi connectivity index (χ0v) is 11.1. The van der Waals surface area contributed by atoms with Gasteiger partial charge in [0, 0.05) is 5.92 Å². The molecule has 15 heavy (non-hydrogen) atoms. The summed E-state index contributed by atoms with van der Waals surface area (Å²) in [5, 5.41) is 0.583. The first kappa shape index (κ1) is 13.1. The Morgan fingerprint density at radius 2 is 2.13 bits per heavy atom. The number of carbonyl (C=O) groups is 1. The van der Waals surface area contributed by atoms with Crippen LogP contribution in [0, 0.1) is 11.8 Å². The van der Waals surface area contributed by atoms with E-state index in [1.807, 2.05) is 0 Å². The standard InChI is InChI=1S/C13H24OS/c1-4-11-6-5-7-12(8-11)13(14)9-15-10(2)3/h10-12H,4-9H2,1-3H3. The van der Waals surface area contributed by atoms with Crippen molar-refractivity contribution in [2.45, 2.75) is 58.1 Å². The molecule has 0 aliphatic heterocycles. The quantitative estimate of drug-likeness (QED) is 0.709. The van der Waals surface area contributed by atoms with Gasteiger partial charge in [0.05, 0.1) is 5.75 Å². The van der Waals surface area contributed by atoms with E-state index in [0.29, 0.717) is 17.0 Å². The molecule has 1 saturated carbocycles. The third-order valence-corrected chi connectivity index (χ3v) is 4.49. The van der Waals surface area contributed by atoms with Crippen molar-refractivity contribution < 1.29 is 4.79 Å². The highest BCUT2D eigenvalue weighted by atomic mass is 32.2. The van der Waals surface area contributed by atoms with Gasteiger partial charge >= 0.3 is 0 Å². The van der Waals surface area contributed by atoms with Crippen LogP contribution >= 0.6 is 11.8 Å². The minimum atomic E-state index is 0.384. The summed E-state index contributed by atoms with van der Waals surface area (Å²) in [4.78, 5) is 11.9. The molecule has 0 spiro atoms. The molecule has 1 aliphatic carbocycles. The summed E-state index contributed by atoms with van der Waals surface area (Å²) < 4.78 is 0. The van der Waals surface area contributed by atoms with Crippen LogP contribution in [-0.4, -0.2) is 16.8 Å². The monoisotopic (exact) mass is 228 g/mol. The van der Waals surface area contributed by atoms with E-state index in [4.69, 9.17) is 0 Å². The van der Waals surface area contributed by atoms with Crippen molar-refractivity contribution in [3.8, 4) is 0 Å². The minimum absolute atomic E-state index is 0.384. The molecule has 88 valence electrons. The van der Waals surface area contributed by atoms with E-state index in [1.165, 1.54) is 19.3 Å². The largest absolute Gasteiger partial charge is 0.298 e. The van der Waals surface area contributed by atoms with Crippen molar-refractivity contribution in [3.05, 3.63) is 0 Å². The fraction of sp³-hybridized carbons (Fsp3) is 0.923. The zero-order chi connectivity index (χ0) is 11.3. The fourth-order valence-electron chi connectivity index (χ4n) is 2.32. The summed E-state index contributed by atoms with van der Waals surface area (Å²) in [6.07, 6.45) is 6.17. The predicted molar refractivity (Wildman–Crippen MR) is 68.3 cm³/mol. The van der Waals surface area contributed by atoms with Crippen LogP contribution in [0.1, 0.15) is 52.9 Å². The number of carbonyl (C=O) groups excluding carboxylic acids is 1. The molecule has 1 nitrogen and oxygen atoms in total. The molecule has 0 aromatic heterocycles. The average molecular weight is 228 g/mol. The molecule has 1 fully saturated rings. The first-order chi connectivity index (χ1) is 7.13. The van der Waals surface area contributed by atoms with Crippen LogP contribution in [0.25, 0.3) is 0 Å². The third-order valence-electron chi connectivity index (χ3n) is 3.37. The summed E-state index contributed by atoms with van der Waals surface area (Å²) in [6.45, 7) is 6.57. The lowest BCUT2D eigenvalue weighted by Crippen LogP contribution is -2.24. The van der Waals surface area contributed by atoms with Crippen molar-refractivity contribution in [1.29, 1.82) is 0 Å². The van der Waals surface area contributed by atoms with E-state index in [-0.39, 0.29) is 0 Å². The van der Waals surface area contributed by atoms with Crippen molar-refractivity contribution in [2.75, 3.05) is 5.75 Å². The number of rotatable bonds is 5. The normalized spacial score (nSPS) is 26.9. The SMILES string of the molecule is CCC1CCCC(C(=O)CSC(C)C)C1. The molecule has 0 aromatic carbocycles. The molecule has 2 heteroatoms. The Hall–Kier alpha value is 0.0200. The Labute approximate surface area is 98.4 Å². The van der Waals surface area contributed by atoms with Crippen LogP contribution in [0.2, 0.25) is 0 Å². The van der Waals surface area contributed by atoms with E-state index in [9.17, 15) is 4.79 Å². The maximum Gasteiger partial charge on any atom is 0.145 e. The van der Waals surface area contributed by atoms with Gasteiger partial charge < -0.3 is 0 Å². The Kier molecular flexibility index (Phi) is 5.73. The molecule has 0 saturated heterocycles. The van der Waals surface area contributed by atoms with Gasteiger partial charge in [0.2, 0.25) is 0 Å². The van der Waals surface area contributed by atoms with Gasteiger partial charge in [0.15, 0.2) is 0 Å². The molecule has 0 aromatic rings. The number of hydrogen-bond acceptors (Lipinski definition) is 2. The molecule has 1 aliphatic rings. The molecule has 2 unspecified atom stereocenters. The first-order valence-electron chi connectivity index (χ1n) is 6.27. The lowest BCUT2D eigenvalue weighted by molar-refractivity contribution is -0.121. The van der Waals surface area contributed by atoms with Crippen LogP contribution in [0.5, 0.6) is 0 Å². The van der Waals surface area contributed by atoms with Gasteiger partial charge in [-0.3, -0.25) is 4.79 Å². The molecule has 0 heterocycles. The third kappa shape index (κ3) is 4.58. The van der Waals surface area contributed by atoms with Gasteiger partial charge in [-0.1, -0.05) is 40.0 Å². The van der Waals surface area contributed by atoms with Crippen molar-refractivity contribution >= 4 is 17.5 Å². The van der Waals surface area contributed by atoms with E-state index in [0.717, 1.165) is 24.5 Å². The highest BCUT2D eigenvalue weighted by Gasteiger charge is 2.25. The maximum absolute atomic E-state index is 11.9. The summed E-state index contributed by atoms with van der Waals surface area (Å²) in [5.41, 5.74) is 0. The van der Waals surface area contributed by atoms with Gasteiger partial charge in [-0.25, -0.2) is 0 Å². The summed E-state index contributed by atoms with van der Waals surface area (Å²) in [6, 6.07) is 0. The number of thioether (sulfide) groups is 1. The Morgan fingerprint density at radius 1 is 1.40 bits per heavy atom. The van der Waals surface area contributed by atoms with Gasteiger partial charge in [-0.15, -0.1) is 0 Å². The second-order valence-electron chi connectivity index (χ2n) is 4.96. The number of Topliss-reactive ketones (excluding diaryl/α,β-unsaturated/α-hetero) is 1. The zero-order valence-electron chi connectivity index (χ0n) is 10.3. The highest BCUT2D eigenvalue weighted by Crippen LogP contribution is 2.32. The van der Waals surface area contributed by atoms with E-state index >= 15 is 0 Å². The Bertz CT molecular complexity index is 201. The van der Waals surface area contributed by atoms with E-state index in [2.05, 4.69) is 20.8 Å². The second kappa shape index (κ2) is 6.57. The molecule has 1 rings (SSSR count). The number of hydrogen-bond donors (Lipinski definition) is 0. The Morgan fingerprint density at radius 3 is 2.73 bits per heavy atom. The highest BCUT2D eigenvalue weighted by molar-refractivity contribution is 8.00. The van der Waals surface area contributed by atoms with Crippen LogP contribution < -0.4 is 0 Å². The first-order valence-corrected chi connectivity index (χ1v) is 7.32. The molecule has 0 radical (unpaired) electrons. The lowest BCUT2D eigenvalue weighted by atomic mass is 9.78. The maximum atomic E-state index is 11.9. The molecular weight excluding hydrogens is 204 g/mol. The van der Waals surface area contributed by atoms with Crippen LogP contribution in [0.3, 0.4) is 0 Å². The van der Waals surface area contributed by atoms with Gasteiger partial charge in [-0.2, -0.15) is 11.8 Å². The Balaban J connectivity index is 2.32. The van der Waals surface area contributed by atoms with Gasteiger partial charge in [-0.05, 0) is 24.0 Å². The lowest BCUT2D eigenvalue weighted by Gasteiger charge is -2.27. The topological polar surface area (TPSA) is 17.1 Å². The van der Waals surface area contributed by atoms with E-state index < -0.39 is 0 Å². The predicted octanol–water partition coefficient (Wildman–Crippen LogP) is 3.91. The molecular formula is C13H24OS. The molecule has 2 atom stereocenters. The van der Waals surface area contributed by atoms with Crippen molar-refractivity contribution in [2.24, 2.45) is 11.8 Å². The number of ketones is 1. The van der Waals surface area contributed by atoms with Crippen LogP contribution in [-0.2, 0) is 4.79 Å². The second-order valence-corrected chi connectivity index (χ2v) is 6.53. The smallest absolute Gasteiger partial charge is 0.145 e. The van der Waals surface area contributed by atoms with Gasteiger partial charge in [0.1, 0.15) is 5.78 Å². The summed E-state index contributed by atoms with van der Waals surface area (Å²) >= 11 is 1.79. The molecule has 0 N–H and O–H groups in total. The van der Waals surface area contributed by atoms with E-state index in [1.54, 1.807) is 11.8 Å².